The molecule has 0 unspecified atom stereocenters. The Bertz CT molecular complexity index is 248. The number of unbranched alkanes of at least 4 members (excludes halogenated alkanes) is 2. The lowest BCUT2D eigenvalue weighted by atomic mass is 10.1. The number of rotatable bonds is 5. The lowest BCUT2D eigenvalue weighted by Crippen LogP contribution is -1.89. The molecule has 0 atom stereocenters. The average Bonchev–Trinajstić information content (AvgIpc) is 2.13. The number of anilines is 1. The number of nitrogens with two attached hydrogens (primary N) is 1. The van der Waals surface area contributed by atoms with Crippen molar-refractivity contribution in [1.82, 2.24) is 0 Å². The van der Waals surface area contributed by atoms with Crippen LogP contribution in [0.2, 0.25) is 0 Å². The molecule has 0 radical (unpaired) electrons. The molecule has 0 saturated carbocycles. The molecular formula is C11H16FN. The first kappa shape index (κ1) is 10.0. The Hall–Kier alpha value is -1.05. The van der Waals surface area contributed by atoms with Crippen LogP contribution in [0.15, 0.2) is 24.3 Å². The van der Waals surface area contributed by atoms with Gasteiger partial charge in [0.2, 0.25) is 0 Å². The minimum atomic E-state index is -0.197. The van der Waals surface area contributed by atoms with Gasteiger partial charge in [0.25, 0.3) is 0 Å². The Morgan fingerprint density at radius 1 is 1.15 bits per heavy atom. The highest BCUT2D eigenvalue weighted by Gasteiger charge is 1.93. The van der Waals surface area contributed by atoms with Crippen LogP contribution in [0.3, 0.4) is 0 Å². The second-order valence-corrected chi connectivity index (χ2v) is 3.24. The third-order valence-electron chi connectivity index (χ3n) is 2.05. The Balaban J connectivity index is 2.28. The van der Waals surface area contributed by atoms with Crippen molar-refractivity contribution < 1.29 is 4.39 Å². The minimum Gasteiger partial charge on any atom is -0.399 e. The van der Waals surface area contributed by atoms with Gasteiger partial charge in [0.15, 0.2) is 0 Å². The zero-order chi connectivity index (χ0) is 9.52. The summed E-state index contributed by atoms with van der Waals surface area (Å²) in [5.41, 5.74) is 7.69. The number of aryl methyl sites for hydroxylation is 1. The van der Waals surface area contributed by atoms with Crippen LogP contribution < -0.4 is 5.73 Å². The van der Waals surface area contributed by atoms with E-state index in [1.807, 2.05) is 18.2 Å². The number of hydrogen-bond donors (Lipinski definition) is 1. The van der Waals surface area contributed by atoms with E-state index in [1.165, 1.54) is 5.56 Å². The van der Waals surface area contributed by atoms with E-state index in [-0.39, 0.29) is 6.67 Å². The molecule has 0 aliphatic heterocycles. The maximum Gasteiger partial charge on any atom is 0.0894 e. The van der Waals surface area contributed by atoms with E-state index in [1.54, 1.807) is 0 Å². The molecule has 0 aliphatic carbocycles. The van der Waals surface area contributed by atoms with Crippen LogP contribution in [0.25, 0.3) is 0 Å². The predicted molar refractivity (Wildman–Crippen MR) is 54.4 cm³/mol. The van der Waals surface area contributed by atoms with Gasteiger partial charge in [0.1, 0.15) is 0 Å². The first-order chi connectivity index (χ1) is 6.33. The number of benzene rings is 1. The molecule has 1 nitrogen and oxygen atoms in total. The van der Waals surface area contributed by atoms with Crippen molar-refractivity contribution in [2.75, 3.05) is 12.4 Å². The van der Waals surface area contributed by atoms with E-state index in [0.29, 0.717) is 6.42 Å². The van der Waals surface area contributed by atoms with Crippen LogP contribution in [-0.4, -0.2) is 6.67 Å². The van der Waals surface area contributed by atoms with E-state index in [4.69, 9.17) is 5.73 Å². The van der Waals surface area contributed by atoms with E-state index in [9.17, 15) is 4.39 Å². The first-order valence-corrected chi connectivity index (χ1v) is 4.73. The van der Waals surface area contributed by atoms with Gasteiger partial charge in [-0.05, 0) is 37.0 Å². The van der Waals surface area contributed by atoms with Crippen LogP contribution in [-0.2, 0) is 6.42 Å². The van der Waals surface area contributed by atoms with Crippen molar-refractivity contribution >= 4 is 5.69 Å². The molecule has 2 N–H and O–H groups in total. The summed E-state index contributed by atoms with van der Waals surface area (Å²) in [6.45, 7) is -0.197. The van der Waals surface area contributed by atoms with Crippen molar-refractivity contribution in [3.8, 4) is 0 Å². The summed E-state index contributed by atoms with van der Waals surface area (Å²) in [5.74, 6) is 0. The van der Waals surface area contributed by atoms with Crippen LogP contribution in [0.5, 0.6) is 0 Å². The van der Waals surface area contributed by atoms with E-state index in [0.717, 1.165) is 24.9 Å². The summed E-state index contributed by atoms with van der Waals surface area (Å²) in [5, 5.41) is 0. The van der Waals surface area contributed by atoms with Crippen LogP contribution in [0.1, 0.15) is 24.8 Å². The molecule has 2 heteroatoms. The summed E-state index contributed by atoms with van der Waals surface area (Å²) < 4.78 is 11.8. The van der Waals surface area contributed by atoms with Crippen LogP contribution in [0, 0.1) is 0 Å². The molecule has 0 amide bonds. The summed E-state index contributed by atoms with van der Waals surface area (Å²) in [6, 6.07) is 7.88. The predicted octanol–water partition coefficient (Wildman–Crippen LogP) is 2.95. The molecule has 13 heavy (non-hydrogen) atoms. The van der Waals surface area contributed by atoms with Crippen LogP contribution >= 0.6 is 0 Å². The average molecular weight is 181 g/mol. The molecule has 0 bridgehead atoms. The Morgan fingerprint density at radius 2 is 2.00 bits per heavy atom. The SMILES string of the molecule is Nc1cccc(CCCCCF)c1. The van der Waals surface area contributed by atoms with Crippen LogP contribution in [0.4, 0.5) is 10.1 Å². The van der Waals surface area contributed by atoms with Crippen molar-refractivity contribution in [2.24, 2.45) is 0 Å². The van der Waals surface area contributed by atoms with Gasteiger partial charge in [0.05, 0.1) is 6.67 Å². The molecule has 1 aromatic rings. The first-order valence-electron chi connectivity index (χ1n) is 4.73. The summed E-state index contributed by atoms with van der Waals surface area (Å²) in [4.78, 5) is 0. The summed E-state index contributed by atoms with van der Waals surface area (Å²) >= 11 is 0. The normalized spacial score (nSPS) is 10.2. The Morgan fingerprint density at radius 3 is 2.69 bits per heavy atom. The monoisotopic (exact) mass is 181 g/mol. The highest BCUT2D eigenvalue weighted by Crippen LogP contribution is 2.10. The highest BCUT2D eigenvalue weighted by atomic mass is 19.1. The second-order valence-electron chi connectivity index (χ2n) is 3.24. The molecular weight excluding hydrogens is 165 g/mol. The topological polar surface area (TPSA) is 26.0 Å². The molecule has 1 rings (SSSR count). The number of alkyl halides is 1. The molecule has 0 heterocycles. The molecule has 0 aliphatic rings. The largest absolute Gasteiger partial charge is 0.399 e. The zero-order valence-corrected chi connectivity index (χ0v) is 7.80. The third-order valence-corrected chi connectivity index (χ3v) is 2.05. The number of hydrogen-bond acceptors (Lipinski definition) is 1. The van der Waals surface area contributed by atoms with Crippen molar-refractivity contribution in [3.05, 3.63) is 29.8 Å². The minimum absolute atomic E-state index is 0.197. The quantitative estimate of drug-likeness (QED) is 0.548. The molecule has 0 spiro atoms. The third kappa shape index (κ3) is 3.92. The van der Waals surface area contributed by atoms with Gasteiger partial charge >= 0.3 is 0 Å². The maximum absolute atomic E-state index is 11.8. The van der Waals surface area contributed by atoms with Gasteiger partial charge in [-0.1, -0.05) is 18.6 Å². The zero-order valence-electron chi connectivity index (χ0n) is 7.80. The van der Waals surface area contributed by atoms with Gasteiger partial charge in [-0.2, -0.15) is 0 Å². The summed E-state index contributed by atoms with van der Waals surface area (Å²) in [7, 11) is 0. The number of halogens is 1. The molecule has 0 saturated heterocycles. The van der Waals surface area contributed by atoms with Gasteiger partial charge in [0, 0.05) is 5.69 Å². The van der Waals surface area contributed by atoms with Crippen molar-refractivity contribution in [3.63, 3.8) is 0 Å². The lowest BCUT2D eigenvalue weighted by molar-refractivity contribution is 0.456. The van der Waals surface area contributed by atoms with Gasteiger partial charge in [-0.3, -0.25) is 4.39 Å². The second kappa shape index (κ2) is 5.57. The standard InChI is InChI=1S/C11H16FN/c12-8-3-1-2-5-10-6-4-7-11(13)9-10/h4,6-7,9H,1-3,5,8,13H2. The summed E-state index contributed by atoms with van der Waals surface area (Å²) in [6.07, 6.45) is 3.70. The molecule has 0 aromatic heterocycles. The highest BCUT2D eigenvalue weighted by molar-refractivity contribution is 5.40. The van der Waals surface area contributed by atoms with E-state index >= 15 is 0 Å². The van der Waals surface area contributed by atoms with E-state index < -0.39 is 0 Å². The number of nitrogen functional groups attached to an aromatic ring is 1. The Kier molecular flexibility index (Phi) is 4.30. The van der Waals surface area contributed by atoms with Crippen molar-refractivity contribution in [1.29, 1.82) is 0 Å². The van der Waals surface area contributed by atoms with Gasteiger partial charge in [-0.15, -0.1) is 0 Å². The molecule has 72 valence electrons. The van der Waals surface area contributed by atoms with Crippen molar-refractivity contribution in [2.45, 2.75) is 25.7 Å². The molecule has 0 fully saturated rings. The smallest absolute Gasteiger partial charge is 0.0894 e. The Labute approximate surface area is 78.8 Å². The van der Waals surface area contributed by atoms with Gasteiger partial charge < -0.3 is 5.73 Å². The fourth-order valence-corrected chi connectivity index (χ4v) is 1.35. The maximum atomic E-state index is 11.8. The van der Waals surface area contributed by atoms with Gasteiger partial charge in [-0.25, -0.2) is 0 Å². The van der Waals surface area contributed by atoms with E-state index in [2.05, 4.69) is 6.07 Å². The lowest BCUT2D eigenvalue weighted by Gasteiger charge is -2.01. The fourth-order valence-electron chi connectivity index (χ4n) is 1.35. The fraction of sp³-hybridized carbons (Fsp3) is 0.455. The molecule has 1 aromatic carbocycles.